The van der Waals surface area contributed by atoms with E-state index in [1.54, 1.807) is 0 Å². The standard InChI is InChI=1S/C44H28ClN/c1-44(30-15-9-13-28(25-30)27-11-3-2-4-12-27)36-23-21-32(29-14-10-16-31(45)26-29)40-35-18-6-8-20-39(35)46-38-19-7-5-17-33(38)34-22-24-37(44)42(41(36)40)43(34)46/h2-26H,1H3. The first-order valence-corrected chi connectivity index (χ1v) is 16.3. The van der Waals surface area contributed by atoms with Gasteiger partial charge in [0.05, 0.1) is 16.7 Å². The molecule has 0 bridgehead atoms. The average molecular weight is 606 g/mol. The molecule has 1 atom stereocenters. The number of nitrogens with zero attached hydrogens (tertiary/aromatic N) is 1. The van der Waals surface area contributed by atoms with E-state index in [0.717, 1.165) is 10.6 Å². The number of halogens is 1. The van der Waals surface area contributed by atoms with Crippen LogP contribution >= 0.6 is 11.6 Å². The third-order valence-electron chi connectivity index (χ3n) is 10.5. The van der Waals surface area contributed by atoms with Crippen LogP contribution in [-0.2, 0) is 5.41 Å². The molecule has 0 fully saturated rings. The zero-order valence-corrected chi connectivity index (χ0v) is 26.0. The van der Waals surface area contributed by atoms with Crippen molar-refractivity contribution in [3.8, 4) is 50.2 Å². The molecule has 1 unspecified atom stereocenters. The van der Waals surface area contributed by atoms with E-state index in [4.69, 9.17) is 11.6 Å². The smallest absolute Gasteiger partial charge is 0.0623 e. The topological polar surface area (TPSA) is 4.93 Å². The van der Waals surface area contributed by atoms with Gasteiger partial charge in [0.15, 0.2) is 0 Å². The van der Waals surface area contributed by atoms with Crippen LogP contribution in [0.3, 0.4) is 0 Å². The maximum atomic E-state index is 6.62. The molecular weight excluding hydrogens is 578 g/mol. The van der Waals surface area contributed by atoms with E-state index < -0.39 is 0 Å². The van der Waals surface area contributed by atoms with E-state index in [1.807, 2.05) is 6.07 Å². The predicted molar refractivity (Wildman–Crippen MR) is 193 cm³/mol. The monoisotopic (exact) mass is 605 g/mol. The number of rotatable bonds is 3. The van der Waals surface area contributed by atoms with Crippen LogP contribution in [0.1, 0.15) is 23.6 Å². The lowest BCUT2D eigenvalue weighted by atomic mass is 9.73. The lowest BCUT2D eigenvalue weighted by molar-refractivity contribution is 0.714. The van der Waals surface area contributed by atoms with Crippen LogP contribution in [-0.4, -0.2) is 4.57 Å². The molecule has 0 amide bonds. The Bertz CT molecular complexity index is 2560. The zero-order valence-electron chi connectivity index (χ0n) is 25.3. The summed E-state index contributed by atoms with van der Waals surface area (Å²) in [6, 6.07) is 55.5. The van der Waals surface area contributed by atoms with Crippen molar-refractivity contribution < 1.29 is 0 Å². The minimum absolute atomic E-state index is 0.362. The third-order valence-corrected chi connectivity index (χ3v) is 10.7. The SMILES string of the molecule is CC1(c2cccc(-c3ccccc3)c2)c2ccc(-c3cccc(Cl)c3)c3c2-c2c1ccc1c4ccccc4n(c21)-c1ccccc1-3. The molecule has 2 heterocycles. The van der Waals surface area contributed by atoms with Gasteiger partial charge >= 0.3 is 0 Å². The van der Waals surface area contributed by atoms with Crippen LogP contribution in [0.4, 0.5) is 0 Å². The lowest BCUT2D eigenvalue weighted by Gasteiger charge is -2.30. The first-order valence-electron chi connectivity index (χ1n) is 15.9. The Kier molecular flexibility index (Phi) is 5.25. The molecular formula is C44H28ClN. The van der Waals surface area contributed by atoms with Gasteiger partial charge in [-0.1, -0.05) is 133 Å². The summed E-state index contributed by atoms with van der Waals surface area (Å²) in [5.41, 5.74) is 17.3. The van der Waals surface area contributed by atoms with Gasteiger partial charge < -0.3 is 4.57 Å². The molecule has 0 N–H and O–H groups in total. The van der Waals surface area contributed by atoms with Crippen molar-refractivity contribution in [2.45, 2.75) is 12.3 Å². The maximum absolute atomic E-state index is 6.62. The molecule has 8 aromatic rings. The first kappa shape index (κ1) is 25.9. The second kappa shape index (κ2) is 9.33. The van der Waals surface area contributed by atoms with Gasteiger partial charge in [0.2, 0.25) is 0 Å². The molecule has 0 spiro atoms. The largest absolute Gasteiger partial charge is 0.308 e. The summed E-state index contributed by atoms with van der Waals surface area (Å²) >= 11 is 6.62. The summed E-state index contributed by atoms with van der Waals surface area (Å²) in [5.74, 6) is 0. The summed E-state index contributed by atoms with van der Waals surface area (Å²) in [5, 5.41) is 3.32. The van der Waals surface area contributed by atoms with Crippen molar-refractivity contribution in [3.05, 3.63) is 173 Å². The summed E-state index contributed by atoms with van der Waals surface area (Å²) in [7, 11) is 0. The third kappa shape index (κ3) is 3.31. The van der Waals surface area contributed by atoms with Crippen molar-refractivity contribution in [1.29, 1.82) is 0 Å². The van der Waals surface area contributed by atoms with Gasteiger partial charge in [-0.15, -0.1) is 0 Å². The number of hydrogen-bond donors (Lipinski definition) is 0. The Hall–Kier alpha value is -5.37. The van der Waals surface area contributed by atoms with Crippen LogP contribution in [0.15, 0.2) is 152 Å². The molecule has 7 aromatic carbocycles. The van der Waals surface area contributed by atoms with Gasteiger partial charge in [-0.2, -0.15) is 0 Å². The van der Waals surface area contributed by atoms with E-state index in [-0.39, 0.29) is 5.41 Å². The summed E-state index contributed by atoms with van der Waals surface area (Å²) in [4.78, 5) is 0. The molecule has 1 nitrogen and oxygen atoms in total. The van der Waals surface area contributed by atoms with Crippen LogP contribution < -0.4 is 0 Å². The van der Waals surface area contributed by atoms with E-state index in [0.29, 0.717) is 0 Å². The molecule has 216 valence electrons. The quantitative estimate of drug-likeness (QED) is 0.189. The molecule has 1 aliphatic carbocycles. The minimum atomic E-state index is -0.362. The molecule has 1 aromatic heterocycles. The van der Waals surface area contributed by atoms with Crippen molar-refractivity contribution in [2.24, 2.45) is 0 Å². The normalized spacial score (nSPS) is 15.7. The number of aromatic nitrogens is 1. The molecule has 0 saturated carbocycles. The highest BCUT2D eigenvalue weighted by atomic mass is 35.5. The number of para-hydroxylation sites is 2. The fourth-order valence-corrected chi connectivity index (χ4v) is 8.60. The van der Waals surface area contributed by atoms with Gasteiger partial charge in [-0.05, 0) is 87.3 Å². The fourth-order valence-electron chi connectivity index (χ4n) is 8.41. The average Bonchev–Trinajstić information content (AvgIpc) is 3.53. The Morgan fingerprint density at radius 3 is 2.11 bits per heavy atom. The van der Waals surface area contributed by atoms with Crippen LogP contribution in [0, 0.1) is 0 Å². The molecule has 2 aliphatic rings. The molecule has 10 rings (SSSR count). The second-order valence-corrected chi connectivity index (χ2v) is 13.2. The molecule has 1 aliphatic heterocycles. The van der Waals surface area contributed by atoms with Gasteiger partial charge in [-0.25, -0.2) is 0 Å². The van der Waals surface area contributed by atoms with Crippen LogP contribution in [0.25, 0.3) is 72.0 Å². The highest BCUT2D eigenvalue weighted by molar-refractivity contribution is 6.31. The molecule has 0 saturated heterocycles. The van der Waals surface area contributed by atoms with Crippen molar-refractivity contribution in [2.75, 3.05) is 0 Å². The van der Waals surface area contributed by atoms with Crippen molar-refractivity contribution in [1.82, 2.24) is 4.57 Å². The van der Waals surface area contributed by atoms with Crippen molar-refractivity contribution >= 4 is 33.4 Å². The molecule has 46 heavy (non-hydrogen) atoms. The van der Waals surface area contributed by atoms with Crippen LogP contribution in [0.2, 0.25) is 5.02 Å². The summed E-state index contributed by atoms with van der Waals surface area (Å²) in [6.07, 6.45) is 0. The van der Waals surface area contributed by atoms with Gasteiger partial charge in [0, 0.05) is 32.3 Å². The first-order chi connectivity index (χ1) is 22.6. The van der Waals surface area contributed by atoms with E-state index in [9.17, 15) is 0 Å². The Balaban J connectivity index is 1.40. The predicted octanol–water partition coefficient (Wildman–Crippen LogP) is 12.1. The number of benzene rings is 7. The number of fused-ring (bicyclic) bond motifs is 6. The van der Waals surface area contributed by atoms with Crippen molar-refractivity contribution in [3.63, 3.8) is 0 Å². The van der Waals surface area contributed by atoms with Gasteiger partial charge in [-0.3, -0.25) is 0 Å². The highest BCUT2D eigenvalue weighted by Crippen LogP contribution is 2.61. The molecule has 0 radical (unpaired) electrons. The minimum Gasteiger partial charge on any atom is -0.308 e. The second-order valence-electron chi connectivity index (χ2n) is 12.7. The molecule has 2 heteroatoms. The summed E-state index contributed by atoms with van der Waals surface area (Å²) in [6.45, 7) is 2.43. The Morgan fingerprint density at radius 1 is 0.500 bits per heavy atom. The fraction of sp³-hybridized carbons (Fsp3) is 0.0455. The van der Waals surface area contributed by atoms with Gasteiger partial charge in [0.25, 0.3) is 0 Å². The Morgan fingerprint density at radius 2 is 1.22 bits per heavy atom. The summed E-state index contributed by atoms with van der Waals surface area (Å²) < 4.78 is 2.52. The van der Waals surface area contributed by atoms with Gasteiger partial charge in [0.1, 0.15) is 0 Å². The van der Waals surface area contributed by atoms with Crippen LogP contribution in [0.5, 0.6) is 0 Å². The zero-order chi connectivity index (χ0) is 30.6. The van der Waals surface area contributed by atoms with E-state index >= 15 is 0 Å². The highest BCUT2D eigenvalue weighted by Gasteiger charge is 2.45. The Labute approximate surface area is 273 Å². The lowest BCUT2D eigenvalue weighted by Crippen LogP contribution is -2.22. The number of hydrogen-bond acceptors (Lipinski definition) is 0. The van der Waals surface area contributed by atoms with E-state index in [1.165, 1.54) is 83.1 Å². The van der Waals surface area contributed by atoms with E-state index in [2.05, 4.69) is 157 Å². The maximum Gasteiger partial charge on any atom is 0.0623 e.